The first kappa shape index (κ1) is 21.0. The maximum absolute atomic E-state index is 15.2. The van der Waals surface area contributed by atoms with Crippen molar-refractivity contribution in [1.29, 1.82) is 0 Å². The van der Waals surface area contributed by atoms with Crippen molar-refractivity contribution in [1.82, 2.24) is 29.9 Å². The number of rotatable bonds is 4. The molecule has 5 aromatic rings. The number of ether oxygens (including phenoxy) is 1. The summed E-state index contributed by atoms with van der Waals surface area (Å²) in [6.07, 6.45) is 1.35. The lowest BCUT2D eigenvalue weighted by Crippen LogP contribution is -2.02. The van der Waals surface area contributed by atoms with Crippen LogP contribution in [0.15, 0.2) is 36.7 Å². The smallest absolute Gasteiger partial charge is 0.160 e. The number of fused-ring (bicyclic) bond motifs is 2. The fourth-order valence-corrected chi connectivity index (χ4v) is 3.62. The van der Waals surface area contributed by atoms with Gasteiger partial charge in [0.05, 0.1) is 11.2 Å². The van der Waals surface area contributed by atoms with Crippen molar-refractivity contribution < 1.29 is 13.5 Å². The first-order valence-electron chi connectivity index (χ1n) is 9.83. The summed E-state index contributed by atoms with van der Waals surface area (Å²) in [6.45, 7) is 3.15. The second-order valence-electron chi connectivity index (χ2n) is 7.40. The predicted molar refractivity (Wildman–Crippen MR) is 120 cm³/mol. The predicted octanol–water partition coefficient (Wildman–Crippen LogP) is 5.39. The van der Waals surface area contributed by atoms with Gasteiger partial charge in [-0.25, -0.2) is 28.4 Å². The van der Waals surface area contributed by atoms with E-state index in [-0.39, 0.29) is 39.0 Å². The summed E-state index contributed by atoms with van der Waals surface area (Å²) in [4.78, 5) is 12.5. The molecule has 0 aliphatic rings. The van der Waals surface area contributed by atoms with Crippen LogP contribution in [0.2, 0.25) is 5.15 Å². The minimum Gasteiger partial charge on any atom is -0.457 e. The van der Waals surface area contributed by atoms with Crippen molar-refractivity contribution in [3.05, 3.63) is 64.6 Å². The van der Waals surface area contributed by atoms with Gasteiger partial charge in [-0.05, 0) is 38.1 Å². The number of anilines is 2. The third kappa shape index (κ3) is 3.58. The average molecular weight is 468 g/mol. The average Bonchev–Trinajstić information content (AvgIpc) is 3.17. The number of halogens is 3. The van der Waals surface area contributed by atoms with Gasteiger partial charge in [0.2, 0.25) is 0 Å². The number of hydrogen-bond acceptors (Lipinski definition) is 7. The normalized spacial score (nSPS) is 11.3. The number of aromatic nitrogens is 6. The molecule has 0 aliphatic heterocycles. The highest BCUT2D eigenvalue weighted by molar-refractivity contribution is 6.29. The number of hydrogen-bond donors (Lipinski definition) is 1. The molecule has 1 N–H and O–H groups in total. The quantitative estimate of drug-likeness (QED) is 0.354. The fourth-order valence-electron chi connectivity index (χ4n) is 3.48. The molecule has 8 nitrogen and oxygen atoms in total. The largest absolute Gasteiger partial charge is 0.457 e. The van der Waals surface area contributed by atoms with E-state index >= 15 is 4.39 Å². The van der Waals surface area contributed by atoms with Gasteiger partial charge in [0.1, 0.15) is 39.5 Å². The Hall–Kier alpha value is -3.92. The lowest BCUT2D eigenvalue weighted by atomic mass is 10.1. The van der Waals surface area contributed by atoms with E-state index in [1.807, 2.05) is 0 Å². The molecule has 5 rings (SSSR count). The molecular formula is C22H16ClF2N7O. The first-order valence-corrected chi connectivity index (χ1v) is 10.2. The lowest BCUT2D eigenvalue weighted by Gasteiger charge is -2.15. The van der Waals surface area contributed by atoms with Crippen LogP contribution in [-0.4, -0.2) is 29.9 Å². The van der Waals surface area contributed by atoms with Crippen LogP contribution in [0.3, 0.4) is 0 Å². The van der Waals surface area contributed by atoms with Gasteiger partial charge in [-0.1, -0.05) is 16.8 Å². The van der Waals surface area contributed by atoms with Crippen molar-refractivity contribution in [3.63, 3.8) is 0 Å². The molecule has 166 valence electrons. The van der Waals surface area contributed by atoms with E-state index in [1.165, 1.54) is 17.1 Å². The van der Waals surface area contributed by atoms with Crippen LogP contribution < -0.4 is 10.1 Å². The van der Waals surface area contributed by atoms with E-state index in [4.69, 9.17) is 16.3 Å². The molecule has 0 radical (unpaired) electrons. The SMILES string of the molecule is Cc1c(Oc2cc3nnn(C)c3c(F)c2C)ccc(Nc2ncnc3ccc(Cl)nc23)c1F. The van der Waals surface area contributed by atoms with E-state index in [9.17, 15) is 4.39 Å². The Balaban J connectivity index is 1.50. The highest BCUT2D eigenvalue weighted by atomic mass is 35.5. The Bertz CT molecular complexity index is 1550. The molecule has 0 spiro atoms. The Morgan fingerprint density at radius 1 is 0.970 bits per heavy atom. The van der Waals surface area contributed by atoms with Crippen molar-refractivity contribution >= 4 is 45.2 Å². The lowest BCUT2D eigenvalue weighted by molar-refractivity contribution is 0.463. The number of benzene rings is 2. The number of aryl methyl sites for hydroxylation is 1. The van der Waals surface area contributed by atoms with E-state index in [2.05, 4.69) is 30.6 Å². The van der Waals surface area contributed by atoms with Crippen molar-refractivity contribution in [2.45, 2.75) is 13.8 Å². The molecule has 0 saturated carbocycles. The number of nitrogens with zero attached hydrogens (tertiary/aromatic N) is 6. The molecule has 0 aliphatic carbocycles. The first-order chi connectivity index (χ1) is 15.8. The summed E-state index contributed by atoms with van der Waals surface area (Å²) in [6, 6.07) is 7.98. The maximum atomic E-state index is 15.2. The summed E-state index contributed by atoms with van der Waals surface area (Å²) < 4.78 is 37.3. The number of pyridine rings is 1. The fraction of sp³-hybridized carbons (Fsp3) is 0.136. The molecule has 3 heterocycles. The second-order valence-corrected chi connectivity index (χ2v) is 7.78. The van der Waals surface area contributed by atoms with Crippen LogP contribution in [0, 0.1) is 25.5 Å². The highest BCUT2D eigenvalue weighted by Crippen LogP contribution is 2.36. The zero-order valence-corrected chi connectivity index (χ0v) is 18.4. The Kier molecular flexibility index (Phi) is 5.01. The van der Waals surface area contributed by atoms with Gasteiger partial charge in [-0.3, -0.25) is 0 Å². The van der Waals surface area contributed by atoms with Gasteiger partial charge in [-0.2, -0.15) is 0 Å². The van der Waals surface area contributed by atoms with Gasteiger partial charge in [0.15, 0.2) is 17.5 Å². The van der Waals surface area contributed by atoms with E-state index in [0.717, 1.165) is 0 Å². The van der Waals surface area contributed by atoms with Crippen LogP contribution >= 0.6 is 11.6 Å². The third-order valence-electron chi connectivity index (χ3n) is 5.28. The molecule has 0 bridgehead atoms. The van der Waals surface area contributed by atoms with Crippen LogP contribution in [-0.2, 0) is 7.05 Å². The van der Waals surface area contributed by atoms with Gasteiger partial charge < -0.3 is 10.1 Å². The summed E-state index contributed by atoms with van der Waals surface area (Å²) >= 11 is 5.99. The molecule has 0 amide bonds. The Morgan fingerprint density at radius 3 is 2.58 bits per heavy atom. The summed E-state index contributed by atoms with van der Waals surface area (Å²) in [7, 11) is 1.61. The molecule has 2 aromatic carbocycles. The van der Waals surface area contributed by atoms with Gasteiger partial charge in [0.25, 0.3) is 0 Å². The molecule has 0 atom stereocenters. The Morgan fingerprint density at radius 2 is 1.76 bits per heavy atom. The third-order valence-corrected chi connectivity index (χ3v) is 5.50. The molecular weight excluding hydrogens is 452 g/mol. The van der Waals surface area contributed by atoms with Gasteiger partial charge in [-0.15, -0.1) is 5.10 Å². The van der Waals surface area contributed by atoms with Crippen molar-refractivity contribution in [2.75, 3.05) is 5.32 Å². The minimum absolute atomic E-state index is 0.161. The number of nitrogens with one attached hydrogen (secondary N) is 1. The van der Waals surface area contributed by atoms with Crippen molar-refractivity contribution in [3.8, 4) is 11.5 Å². The minimum atomic E-state index is -0.556. The summed E-state index contributed by atoms with van der Waals surface area (Å²) in [5, 5.41) is 11.0. The zero-order valence-electron chi connectivity index (χ0n) is 17.7. The monoisotopic (exact) mass is 467 g/mol. The standard InChI is InChI=1S/C22H16ClF2N7O/c1-10-15(33-16-8-14-21(19(25)11(16)2)32(3)31-30-14)6-4-12(18(10)24)28-22-20-13(26-9-27-22)5-7-17(23)29-20/h4-9H,1-3H3,(H,26,27,28). The highest BCUT2D eigenvalue weighted by Gasteiger charge is 2.19. The topological polar surface area (TPSA) is 90.6 Å². The molecule has 11 heteroatoms. The van der Waals surface area contributed by atoms with Crippen LogP contribution in [0.1, 0.15) is 11.1 Å². The molecule has 0 fully saturated rings. The molecule has 33 heavy (non-hydrogen) atoms. The van der Waals surface area contributed by atoms with Crippen molar-refractivity contribution in [2.24, 2.45) is 7.05 Å². The van der Waals surface area contributed by atoms with Crippen LogP contribution in [0.4, 0.5) is 20.3 Å². The van der Waals surface area contributed by atoms with E-state index < -0.39 is 11.6 Å². The van der Waals surface area contributed by atoms with Gasteiger partial charge >= 0.3 is 0 Å². The molecule has 3 aromatic heterocycles. The van der Waals surface area contributed by atoms with Gasteiger partial charge in [0, 0.05) is 24.2 Å². The summed E-state index contributed by atoms with van der Waals surface area (Å²) in [5.74, 6) is -0.282. The zero-order chi connectivity index (χ0) is 23.3. The van der Waals surface area contributed by atoms with Crippen LogP contribution in [0.25, 0.3) is 22.1 Å². The van der Waals surface area contributed by atoms with E-state index in [1.54, 1.807) is 45.2 Å². The molecule has 0 unspecified atom stereocenters. The van der Waals surface area contributed by atoms with Crippen LogP contribution in [0.5, 0.6) is 11.5 Å². The molecule has 0 saturated heterocycles. The summed E-state index contributed by atoms with van der Waals surface area (Å²) in [5.41, 5.74) is 2.24. The van der Waals surface area contributed by atoms with E-state index in [0.29, 0.717) is 22.4 Å². The Labute approximate surface area is 191 Å². The maximum Gasteiger partial charge on any atom is 0.160 e. The second kappa shape index (κ2) is 7.89.